The van der Waals surface area contributed by atoms with E-state index in [1.165, 1.54) is 11.9 Å². The number of hydrogen-bond donors (Lipinski definition) is 1. The van der Waals surface area contributed by atoms with Gasteiger partial charge in [-0.2, -0.15) is 18.3 Å². The summed E-state index contributed by atoms with van der Waals surface area (Å²) in [7, 11) is 2.86. The van der Waals surface area contributed by atoms with Crippen LogP contribution in [0.1, 0.15) is 17.3 Å². The third kappa shape index (κ3) is 3.80. The topological polar surface area (TPSA) is 50.2 Å². The number of aromatic nitrogens is 2. The van der Waals surface area contributed by atoms with Crippen molar-refractivity contribution in [1.29, 1.82) is 0 Å². The van der Waals surface area contributed by atoms with Gasteiger partial charge < -0.3 is 10.2 Å². The monoisotopic (exact) mass is 436 g/mol. The van der Waals surface area contributed by atoms with Crippen molar-refractivity contribution in [1.82, 2.24) is 14.7 Å². The predicted octanol–water partition coefficient (Wildman–Crippen LogP) is 3.47. The van der Waals surface area contributed by atoms with Crippen LogP contribution in [-0.2, 0) is 18.0 Å². The number of aryl methyl sites for hydroxylation is 1. The summed E-state index contributed by atoms with van der Waals surface area (Å²) >= 11 is 5.22. The van der Waals surface area contributed by atoms with Crippen molar-refractivity contribution in [2.45, 2.75) is 12.1 Å². The third-order valence-corrected chi connectivity index (χ3v) is 5.24. The van der Waals surface area contributed by atoms with Crippen molar-refractivity contribution >= 4 is 28.8 Å². The van der Waals surface area contributed by atoms with Crippen LogP contribution in [0.3, 0.4) is 0 Å². The minimum absolute atomic E-state index is 0.106. The highest BCUT2D eigenvalue weighted by atomic mass is 32.1. The number of likely N-dealkylation sites (tertiary alicyclic amines) is 1. The Labute approximate surface area is 166 Å². The summed E-state index contributed by atoms with van der Waals surface area (Å²) in [4.78, 5) is 14.4. The number of thiocarbonyl (C=S) groups is 1. The highest BCUT2D eigenvalue weighted by Crippen LogP contribution is 2.37. The van der Waals surface area contributed by atoms with Crippen molar-refractivity contribution in [3.05, 3.63) is 47.0 Å². The molecule has 0 aliphatic carbocycles. The van der Waals surface area contributed by atoms with Crippen molar-refractivity contribution in [2.24, 2.45) is 13.0 Å². The summed E-state index contributed by atoms with van der Waals surface area (Å²) < 4.78 is 80.3. The minimum atomic E-state index is -4.67. The molecule has 3 rings (SSSR count). The van der Waals surface area contributed by atoms with Crippen LogP contribution in [0.4, 0.5) is 32.0 Å². The molecule has 1 aromatic heterocycles. The van der Waals surface area contributed by atoms with E-state index in [1.807, 2.05) is 0 Å². The zero-order valence-electron chi connectivity index (χ0n) is 15.0. The molecule has 1 aliphatic rings. The van der Waals surface area contributed by atoms with Gasteiger partial charge in [0, 0.05) is 32.3 Å². The SMILES string of the molecule is CN1C[C@H](c2cc(C(F)(F)F)nn2C)[C@@H](C(=O)Nc2ccc(F)c(F)c2F)C1=S. The number of nitrogens with zero attached hydrogens (tertiary/aromatic N) is 3. The lowest BCUT2D eigenvalue weighted by molar-refractivity contribution is -0.141. The van der Waals surface area contributed by atoms with Gasteiger partial charge in [-0.15, -0.1) is 0 Å². The van der Waals surface area contributed by atoms with Crippen LogP contribution in [0.25, 0.3) is 0 Å². The Balaban J connectivity index is 1.94. The zero-order chi connectivity index (χ0) is 21.7. The smallest absolute Gasteiger partial charge is 0.368 e. The quantitative estimate of drug-likeness (QED) is 0.455. The van der Waals surface area contributed by atoms with Crippen molar-refractivity contribution in [3.8, 4) is 0 Å². The van der Waals surface area contributed by atoms with Gasteiger partial charge in [0.25, 0.3) is 0 Å². The minimum Gasteiger partial charge on any atom is -0.368 e. The molecular formula is C17H14F6N4OS. The lowest BCUT2D eigenvalue weighted by Gasteiger charge is -2.18. The Morgan fingerprint density at radius 3 is 2.45 bits per heavy atom. The molecule has 1 aromatic carbocycles. The lowest BCUT2D eigenvalue weighted by atomic mass is 9.91. The number of amides is 1. The Hall–Kier alpha value is -2.63. The van der Waals surface area contributed by atoms with Crippen LogP contribution < -0.4 is 5.32 Å². The summed E-state index contributed by atoms with van der Waals surface area (Å²) in [6, 6.07) is 2.31. The summed E-state index contributed by atoms with van der Waals surface area (Å²) in [6.07, 6.45) is -4.67. The fraction of sp³-hybridized carbons (Fsp3) is 0.353. The molecule has 0 bridgehead atoms. The number of rotatable bonds is 3. The first kappa shape index (κ1) is 21.1. The van der Waals surface area contributed by atoms with Crippen LogP contribution >= 0.6 is 12.2 Å². The number of hydrogen-bond acceptors (Lipinski definition) is 3. The number of anilines is 1. The number of carbonyl (C=O) groups is 1. The van der Waals surface area contributed by atoms with Crippen molar-refractivity contribution in [2.75, 3.05) is 18.9 Å². The Morgan fingerprint density at radius 1 is 1.21 bits per heavy atom. The molecule has 0 spiro atoms. The molecule has 0 radical (unpaired) electrons. The molecule has 0 unspecified atom stereocenters. The molecule has 2 atom stereocenters. The average molecular weight is 436 g/mol. The van der Waals surface area contributed by atoms with Gasteiger partial charge in [0.1, 0.15) is 0 Å². The van der Waals surface area contributed by atoms with Gasteiger partial charge in [0.05, 0.1) is 16.6 Å². The molecule has 12 heteroatoms. The van der Waals surface area contributed by atoms with E-state index >= 15 is 0 Å². The summed E-state index contributed by atoms with van der Waals surface area (Å²) in [5.41, 5.74) is -1.62. The summed E-state index contributed by atoms with van der Waals surface area (Å²) in [6.45, 7) is 0.119. The van der Waals surface area contributed by atoms with Gasteiger partial charge >= 0.3 is 6.18 Å². The van der Waals surface area contributed by atoms with Crippen molar-refractivity contribution < 1.29 is 31.1 Å². The van der Waals surface area contributed by atoms with Crippen molar-refractivity contribution in [3.63, 3.8) is 0 Å². The first-order chi connectivity index (χ1) is 13.4. The Kier molecular flexibility index (Phi) is 5.32. The molecule has 0 saturated carbocycles. The van der Waals surface area contributed by atoms with Gasteiger partial charge in [-0.3, -0.25) is 9.48 Å². The normalized spacial score (nSPS) is 19.7. The third-order valence-electron chi connectivity index (χ3n) is 4.68. The number of likely N-dealkylation sites (N-methyl/N-ethyl adjacent to an activating group) is 1. The number of benzene rings is 1. The second kappa shape index (κ2) is 7.32. The van der Waals surface area contributed by atoms with E-state index in [-0.39, 0.29) is 17.2 Å². The van der Waals surface area contributed by atoms with E-state index in [0.717, 1.165) is 16.8 Å². The van der Waals surface area contributed by atoms with Crippen LogP contribution in [-0.4, -0.2) is 39.2 Å². The van der Waals surface area contributed by atoms with Gasteiger partial charge in [0.15, 0.2) is 23.1 Å². The number of alkyl halides is 3. The number of carbonyl (C=O) groups excluding carboxylic acids is 1. The second-order valence-electron chi connectivity index (χ2n) is 6.59. The molecule has 1 fully saturated rings. The Morgan fingerprint density at radius 2 is 1.86 bits per heavy atom. The molecule has 1 N–H and O–H groups in total. The maximum atomic E-state index is 13.9. The molecule has 156 valence electrons. The molecular weight excluding hydrogens is 422 g/mol. The molecule has 2 heterocycles. The maximum Gasteiger partial charge on any atom is 0.435 e. The zero-order valence-corrected chi connectivity index (χ0v) is 15.8. The number of halogens is 6. The van der Waals surface area contributed by atoms with Gasteiger partial charge in [-0.1, -0.05) is 12.2 Å². The first-order valence-electron chi connectivity index (χ1n) is 8.22. The highest BCUT2D eigenvalue weighted by Gasteiger charge is 2.44. The Bertz CT molecular complexity index is 989. The molecule has 1 amide bonds. The standard InChI is InChI=1S/C17H14F6N4OS/c1-26-6-7(10-5-11(17(21,22)23)25-27(10)2)12(16(26)29)15(28)24-9-4-3-8(18)13(19)14(9)20/h3-5,7,12H,6H2,1-2H3,(H,24,28)/t7-,12+/m1/s1. The van der Waals surface area contributed by atoms with Gasteiger partial charge in [-0.05, 0) is 18.2 Å². The van der Waals surface area contributed by atoms with E-state index in [4.69, 9.17) is 12.2 Å². The van der Waals surface area contributed by atoms with Gasteiger partial charge in [-0.25, -0.2) is 13.2 Å². The van der Waals surface area contributed by atoms with Crippen LogP contribution in [0.15, 0.2) is 18.2 Å². The van der Waals surface area contributed by atoms with E-state index in [1.54, 1.807) is 7.05 Å². The van der Waals surface area contributed by atoms with Crippen LogP contribution in [0.5, 0.6) is 0 Å². The largest absolute Gasteiger partial charge is 0.435 e. The summed E-state index contributed by atoms with van der Waals surface area (Å²) in [5.74, 6) is -7.58. The predicted molar refractivity (Wildman–Crippen MR) is 94.6 cm³/mol. The van der Waals surface area contributed by atoms with E-state index < -0.39 is 52.8 Å². The van der Waals surface area contributed by atoms with E-state index in [0.29, 0.717) is 6.07 Å². The maximum absolute atomic E-state index is 13.9. The molecule has 1 aliphatic heterocycles. The number of nitrogens with one attached hydrogen (secondary N) is 1. The molecule has 1 saturated heterocycles. The van der Waals surface area contributed by atoms with E-state index in [2.05, 4.69) is 10.4 Å². The van der Waals surface area contributed by atoms with Crippen LogP contribution in [0, 0.1) is 23.4 Å². The summed E-state index contributed by atoms with van der Waals surface area (Å²) in [5, 5.41) is 5.58. The lowest BCUT2D eigenvalue weighted by Crippen LogP contribution is -2.32. The highest BCUT2D eigenvalue weighted by molar-refractivity contribution is 7.80. The molecule has 5 nitrogen and oxygen atoms in total. The van der Waals surface area contributed by atoms with Gasteiger partial charge in [0.2, 0.25) is 5.91 Å². The van der Waals surface area contributed by atoms with E-state index in [9.17, 15) is 31.1 Å². The second-order valence-corrected chi connectivity index (χ2v) is 7.01. The molecule has 29 heavy (non-hydrogen) atoms. The first-order valence-corrected chi connectivity index (χ1v) is 8.63. The fourth-order valence-electron chi connectivity index (χ4n) is 3.26. The fourth-order valence-corrected chi connectivity index (χ4v) is 3.61. The average Bonchev–Trinajstić information content (AvgIpc) is 3.15. The molecule has 2 aromatic rings. The van der Waals surface area contributed by atoms with Crippen LogP contribution in [0.2, 0.25) is 0 Å².